The fourth-order valence-electron chi connectivity index (χ4n) is 2.66. The van der Waals surface area contributed by atoms with Crippen molar-refractivity contribution in [3.8, 4) is 0 Å². The van der Waals surface area contributed by atoms with E-state index in [0.29, 0.717) is 6.42 Å². The van der Waals surface area contributed by atoms with Crippen LogP contribution in [0.15, 0.2) is 84.9 Å². The van der Waals surface area contributed by atoms with Gasteiger partial charge in [0.05, 0.1) is 5.25 Å². The Hall–Kier alpha value is -2.23. The molecule has 2 nitrogen and oxygen atoms in total. The minimum atomic E-state index is 0.0339. The van der Waals surface area contributed by atoms with Crippen molar-refractivity contribution >= 4 is 35.0 Å². The number of anilines is 1. The zero-order valence-corrected chi connectivity index (χ0v) is 15.8. The Morgan fingerprint density at radius 3 is 2.08 bits per heavy atom. The normalized spacial score (nSPS) is 11.7. The molecule has 0 heterocycles. The molecule has 0 spiro atoms. The molecule has 26 heavy (non-hydrogen) atoms. The maximum Gasteiger partial charge on any atom is 0.225 e. The van der Waals surface area contributed by atoms with Gasteiger partial charge in [0.25, 0.3) is 0 Å². The van der Waals surface area contributed by atoms with Gasteiger partial charge in [0, 0.05) is 22.9 Å². The third-order valence-corrected chi connectivity index (χ3v) is 5.52. The van der Waals surface area contributed by atoms with Gasteiger partial charge in [-0.1, -0.05) is 72.3 Å². The van der Waals surface area contributed by atoms with Gasteiger partial charge in [-0.15, -0.1) is 11.8 Å². The second-order valence-electron chi connectivity index (χ2n) is 5.88. The summed E-state index contributed by atoms with van der Waals surface area (Å²) in [6, 6.07) is 27.8. The molecule has 1 amide bonds. The van der Waals surface area contributed by atoms with E-state index in [2.05, 4.69) is 29.6 Å². The van der Waals surface area contributed by atoms with E-state index >= 15 is 0 Å². The summed E-state index contributed by atoms with van der Waals surface area (Å²) < 4.78 is 0. The first-order chi connectivity index (χ1) is 12.7. The molecule has 0 unspecified atom stereocenters. The maximum atomic E-state index is 12.2. The average Bonchev–Trinajstić information content (AvgIpc) is 2.68. The van der Waals surface area contributed by atoms with Crippen molar-refractivity contribution in [2.45, 2.75) is 11.7 Å². The lowest BCUT2D eigenvalue weighted by Crippen LogP contribution is -2.12. The summed E-state index contributed by atoms with van der Waals surface area (Å²) in [4.78, 5) is 12.2. The van der Waals surface area contributed by atoms with Gasteiger partial charge in [-0.25, -0.2) is 0 Å². The summed E-state index contributed by atoms with van der Waals surface area (Å²) >= 11 is 7.79. The minimum absolute atomic E-state index is 0.0339. The number of hydrogen-bond acceptors (Lipinski definition) is 2. The topological polar surface area (TPSA) is 29.1 Å². The fraction of sp³-hybridized carbons (Fsp3) is 0.136. The number of carbonyl (C=O) groups is 1. The highest BCUT2D eigenvalue weighted by Gasteiger charge is 2.15. The molecule has 3 aromatic carbocycles. The molecule has 1 N–H and O–H groups in total. The third kappa shape index (κ3) is 5.38. The zero-order chi connectivity index (χ0) is 18.2. The van der Waals surface area contributed by atoms with Gasteiger partial charge in [0.2, 0.25) is 5.91 Å². The van der Waals surface area contributed by atoms with Crippen molar-refractivity contribution in [2.75, 3.05) is 11.1 Å². The highest BCUT2D eigenvalue weighted by atomic mass is 35.5. The van der Waals surface area contributed by atoms with E-state index in [0.717, 1.165) is 16.5 Å². The molecule has 0 aliphatic rings. The van der Waals surface area contributed by atoms with E-state index < -0.39 is 0 Å². The Bertz CT molecular complexity index is 822. The van der Waals surface area contributed by atoms with Crippen LogP contribution in [0.2, 0.25) is 5.02 Å². The van der Waals surface area contributed by atoms with E-state index in [-0.39, 0.29) is 11.2 Å². The van der Waals surface area contributed by atoms with Crippen LogP contribution in [-0.2, 0) is 4.79 Å². The zero-order valence-electron chi connectivity index (χ0n) is 14.3. The molecule has 3 aromatic rings. The van der Waals surface area contributed by atoms with Crippen molar-refractivity contribution in [3.63, 3.8) is 0 Å². The van der Waals surface area contributed by atoms with Gasteiger partial charge in [-0.2, -0.15) is 0 Å². The molecule has 0 bridgehead atoms. The smallest absolute Gasteiger partial charge is 0.225 e. The molecule has 0 aromatic heterocycles. The van der Waals surface area contributed by atoms with Crippen LogP contribution >= 0.6 is 23.4 Å². The number of halogens is 1. The van der Waals surface area contributed by atoms with E-state index in [9.17, 15) is 4.79 Å². The molecule has 0 saturated carbocycles. The van der Waals surface area contributed by atoms with Crippen LogP contribution in [0.25, 0.3) is 0 Å². The average molecular weight is 382 g/mol. The third-order valence-electron chi connectivity index (χ3n) is 3.95. The van der Waals surface area contributed by atoms with Crippen LogP contribution in [0.5, 0.6) is 0 Å². The predicted molar refractivity (Wildman–Crippen MR) is 112 cm³/mol. The molecular weight excluding hydrogens is 362 g/mol. The van der Waals surface area contributed by atoms with Crippen LogP contribution in [0.3, 0.4) is 0 Å². The molecule has 0 fully saturated rings. The first-order valence-corrected chi connectivity index (χ1v) is 9.92. The van der Waals surface area contributed by atoms with Crippen molar-refractivity contribution in [3.05, 3.63) is 101 Å². The number of amides is 1. The monoisotopic (exact) mass is 381 g/mol. The minimum Gasteiger partial charge on any atom is -0.326 e. The van der Waals surface area contributed by atoms with Gasteiger partial charge >= 0.3 is 0 Å². The summed E-state index contributed by atoms with van der Waals surface area (Å²) in [5, 5.41) is 3.84. The van der Waals surface area contributed by atoms with Gasteiger partial charge in [0.1, 0.15) is 0 Å². The second-order valence-corrected chi connectivity index (χ2v) is 7.53. The Morgan fingerprint density at radius 1 is 0.846 bits per heavy atom. The summed E-state index contributed by atoms with van der Waals surface area (Å²) in [5.74, 6) is 0.771. The molecule has 0 aliphatic heterocycles. The summed E-state index contributed by atoms with van der Waals surface area (Å²) in [6.07, 6.45) is 0.469. The lowest BCUT2D eigenvalue weighted by Gasteiger charge is -2.18. The van der Waals surface area contributed by atoms with Crippen molar-refractivity contribution in [2.24, 2.45) is 0 Å². The molecule has 0 aliphatic carbocycles. The summed E-state index contributed by atoms with van der Waals surface area (Å²) in [7, 11) is 0. The fourth-order valence-corrected chi connectivity index (χ4v) is 4.03. The Balaban J connectivity index is 1.63. The first-order valence-electron chi connectivity index (χ1n) is 8.49. The van der Waals surface area contributed by atoms with E-state index in [1.165, 1.54) is 11.1 Å². The van der Waals surface area contributed by atoms with Crippen molar-refractivity contribution < 1.29 is 4.79 Å². The number of carbonyl (C=O) groups excluding carboxylic acids is 1. The van der Waals surface area contributed by atoms with Crippen LogP contribution in [-0.4, -0.2) is 11.7 Å². The number of rotatable bonds is 7. The molecule has 0 radical (unpaired) electrons. The van der Waals surface area contributed by atoms with Gasteiger partial charge in [-0.3, -0.25) is 4.79 Å². The van der Waals surface area contributed by atoms with Crippen molar-refractivity contribution in [1.82, 2.24) is 0 Å². The molecule has 1 atom stereocenters. The number of para-hydroxylation sites is 1. The maximum absolute atomic E-state index is 12.2. The number of hydrogen-bond donors (Lipinski definition) is 1. The predicted octanol–water partition coefficient (Wildman–Crippen LogP) is 6.19. The SMILES string of the molecule is O=C(CCS[C@@H](c1ccccc1)c1ccc(Cl)cc1)Nc1ccccc1. The standard InChI is InChI=1S/C22H20ClNOS/c23-19-13-11-18(12-14-19)22(17-7-3-1-4-8-17)26-16-15-21(25)24-20-9-5-2-6-10-20/h1-14,22H,15-16H2,(H,24,25)/t22-/m0/s1. The van der Waals surface area contributed by atoms with Crippen molar-refractivity contribution in [1.29, 1.82) is 0 Å². The number of thioether (sulfide) groups is 1. The Labute approximate surface area is 163 Å². The molecule has 132 valence electrons. The lowest BCUT2D eigenvalue weighted by molar-refractivity contribution is -0.115. The molecule has 0 saturated heterocycles. The Kier molecular flexibility index (Phi) is 6.75. The van der Waals surface area contributed by atoms with Crippen LogP contribution in [0, 0.1) is 0 Å². The highest BCUT2D eigenvalue weighted by molar-refractivity contribution is 7.99. The number of nitrogens with one attached hydrogen (secondary N) is 1. The Morgan fingerprint density at radius 2 is 1.42 bits per heavy atom. The first kappa shape index (κ1) is 18.6. The van der Waals surface area contributed by atoms with E-state index in [1.807, 2.05) is 60.7 Å². The summed E-state index contributed by atoms with van der Waals surface area (Å²) in [5.41, 5.74) is 3.25. The van der Waals surface area contributed by atoms with Crippen LogP contribution < -0.4 is 5.32 Å². The van der Waals surface area contributed by atoms with Gasteiger partial charge in [0.15, 0.2) is 0 Å². The van der Waals surface area contributed by atoms with E-state index in [4.69, 9.17) is 11.6 Å². The second kappa shape index (κ2) is 9.46. The molecule has 4 heteroatoms. The van der Waals surface area contributed by atoms with Crippen LogP contribution in [0.1, 0.15) is 22.8 Å². The molecular formula is C22H20ClNOS. The van der Waals surface area contributed by atoms with E-state index in [1.54, 1.807) is 11.8 Å². The largest absolute Gasteiger partial charge is 0.326 e. The highest BCUT2D eigenvalue weighted by Crippen LogP contribution is 2.36. The van der Waals surface area contributed by atoms with Gasteiger partial charge < -0.3 is 5.32 Å². The number of benzene rings is 3. The van der Waals surface area contributed by atoms with Gasteiger partial charge in [-0.05, 0) is 35.4 Å². The van der Waals surface area contributed by atoms with Crippen LogP contribution in [0.4, 0.5) is 5.69 Å². The molecule has 3 rings (SSSR count). The quantitative estimate of drug-likeness (QED) is 0.528. The lowest BCUT2D eigenvalue weighted by atomic mass is 10.0. The summed E-state index contributed by atoms with van der Waals surface area (Å²) in [6.45, 7) is 0.